The molecule has 2 N–H and O–H groups in total. The lowest BCUT2D eigenvalue weighted by Crippen LogP contribution is -2.40. The highest BCUT2D eigenvalue weighted by Gasteiger charge is 2.24. The predicted octanol–water partition coefficient (Wildman–Crippen LogP) is 3.95. The van der Waals surface area contributed by atoms with Crippen molar-refractivity contribution in [1.82, 2.24) is 5.32 Å². The Labute approximate surface area is 171 Å². The van der Waals surface area contributed by atoms with Gasteiger partial charge in [-0.3, -0.25) is 4.79 Å². The number of carboxylic acid groups (broad SMARTS) is 1. The van der Waals surface area contributed by atoms with E-state index in [1.165, 1.54) is 12.1 Å². The highest BCUT2D eigenvalue weighted by molar-refractivity contribution is 5.87. The number of hydrogen-bond acceptors (Lipinski definition) is 4. The van der Waals surface area contributed by atoms with Gasteiger partial charge in [0.15, 0.2) is 0 Å². The molecular weight excluding hydrogens is 370 g/mol. The molecule has 2 aromatic carbocycles. The standard InChI is InChI=1S/C23H29NO5/c1-15(2)21(29-14-18-7-5-6-17(12-18)13-28-4)22(25)24-16(3)19-8-10-20(11-9-19)23(26)27/h5-12,15-16,21H,13-14H2,1-4H3,(H,24,25)(H,26,27)/t16-,21+/m0/s1. The number of ether oxygens (including phenoxy) is 2. The first-order valence-electron chi connectivity index (χ1n) is 9.63. The van der Waals surface area contributed by atoms with Crippen molar-refractivity contribution in [3.8, 4) is 0 Å². The quantitative estimate of drug-likeness (QED) is 0.632. The lowest BCUT2D eigenvalue weighted by Gasteiger charge is -2.24. The number of carbonyl (C=O) groups is 2. The minimum Gasteiger partial charge on any atom is -0.478 e. The minimum absolute atomic E-state index is 0.00116. The molecule has 0 aliphatic carbocycles. The predicted molar refractivity (Wildman–Crippen MR) is 111 cm³/mol. The van der Waals surface area contributed by atoms with E-state index in [1.807, 2.05) is 45.0 Å². The number of methoxy groups -OCH3 is 1. The van der Waals surface area contributed by atoms with E-state index in [9.17, 15) is 9.59 Å². The van der Waals surface area contributed by atoms with Gasteiger partial charge in [-0.1, -0.05) is 50.2 Å². The number of nitrogens with one attached hydrogen (secondary N) is 1. The lowest BCUT2D eigenvalue weighted by atomic mass is 10.0. The van der Waals surface area contributed by atoms with Crippen molar-refractivity contribution in [3.05, 3.63) is 70.8 Å². The zero-order valence-corrected chi connectivity index (χ0v) is 17.3. The largest absolute Gasteiger partial charge is 0.478 e. The first-order chi connectivity index (χ1) is 13.8. The van der Waals surface area contributed by atoms with E-state index in [0.717, 1.165) is 16.7 Å². The van der Waals surface area contributed by atoms with Crippen molar-refractivity contribution < 1.29 is 24.2 Å². The van der Waals surface area contributed by atoms with Gasteiger partial charge in [0, 0.05) is 7.11 Å². The van der Waals surface area contributed by atoms with E-state index >= 15 is 0 Å². The van der Waals surface area contributed by atoms with Gasteiger partial charge in [-0.15, -0.1) is 0 Å². The summed E-state index contributed by atoms with van der Waals surface area (Å²) in [5.74, 6) is -1.17. The molecule has 2 aromatic rings. The third kappa shape index (κ3) is 6.69. The molecular formula is C23H29NO5. The van der Waals surface area contributed by atoms with Crippen molar-refractivity contribution in [2.75, 3.05) is 7.11 Å². The summed E-state index contributed by atoms with van der Waals surface area (Å²) in [6, 6.07) is 14.1. The van der Waals surface area contributed by atoms with Gasteiger partial charge < -0.3 is 19.9 Å². The average Bonchev–Trinajstić information content (AvgIpc) is 2.68. The molecule has 0 aliphatic rings. The zero-order valence-electron chi connectivity index (χ0n) is 17.3. The molecule has 29 heavy (non-hydrogen) atoms. The van der Waals surface area contributed by atoms with Crippen LogP contribution in [0, 0.1) is 5.92 Å². The van der Waals surface area contributed by atoms with Gasteiger partial charge >= 0.3 is 5.97 Å². The van der Waals surface area contributed by atoms with Crippen LogP contribution in [0.25, 0.3) is 0 Å². The fraction of sp³-hybridized carbons (Fsp3) is 0.391. The second kappa shape index (κ2) is 10.7. The molecule has 2 rings (SSSR count). The van der Waals surface area contributed by atoms with Crippen LogP contribution in [-0.2, 0) is 27.5 Å². The number of carboxylic acids is 1. The molecule has 0 saturated heterocycles. The Kier molecular flexibility index (Phi) is 8.36. The summed E-state index contributed by atoms with van der Waals surface area (Å²) in [7, 11) is 1.65. The average molecular weight is 399 g/mol. The highest BCUT2D eigenvalue weighted by Crippen LogP contribution is 2.17. The Hall–Kier alpha value is -2.70. The first kappa shape index (κ1) is 22.6. The van der Waals surface area contributed by atoms with Crippen LogP contribution in [0.4, 0.5) is 0 Å². The molecule has 0 bridgehead atoms. The Morgan fingerprint density at radius 1 is 1.00 bits per heavy atom. The summed E-state index contributed by atoms with van der Waals surface area (Å²) in [4.78, 5) is 23.8. The van der Waals surface area contributed by atoms with Gasteiger partial charge in [-0.2, -0.15) is 0 Å². The Balaban J connectivity index is 1.99. The molecule has 156 valence electrons. The van der Waals surface area contributed by atoms with Crippen LogP contribution in [0.2, 0.25) is 0 Å². The van der Waals surface area contributed by atoms with Crippen LogP contribution < -0.4 is 5.32 Å². The SMILES string of the molecule is COCc1cccc(CO[C@@H](C(=O)N[C@@H](C)c2ccc(C(=O)O)cc2)C(C)C)c1. The topological polar surface area (TPSA) is 84.9 Å². The van der Waals surface area contributed by atoms with Crippen molar-refractivity contribution >= 4 is 11.9 Å². The van der Waals surface area contributed by atoms with Gasteiger partial charge in [-0.25, -0.2) is 4.79 Å². The molecule has 0 unspecified atom stereocenters. The normalized spacial score (nSPS) is 13.1. The molecule has 6 heteroatoms. The first-order valence-corrected chi connectivity index (χ1v) is 9.63. The third-order valence-corrected chi connectivity index (χ3v) is 4.61. The number of carbonyl (C=O) groups excluding carboxylic acids is 1. The van der Waals surface area contributed by atoms with Crippen molar-refractivity contribution in [1.29, 1.82) is 0 Å². The van der Waals surface area contributed by atoms with Crippen LogP contribution in [0.15, 0.2) is 48.5 Å². The van der Waals surface area contributed by atoms with Crippen LogP contribution in [0.1, 0.15) is 53.9 Å². The van der Waals surface area contributed by atoms with Gasteiger partial charge in [0.05, 0.1) is 24.8 Å². The van der Waals surface area contributed by atoms with E-state index in [1.54, 1.807) is 19.2 Å². The number of hydrogen-bond donors (Lipinski definition) is 2. The summed E-state index contributed by atoms with van der Waals surface area (Å²) in [6.45, 7) is 6.60. The summed E-state index contributed by atoms with van der Waals surface area (Å²) in [6.07, 6.45) is -0.596. The number of rotatable bonds is 10. The van der Waals surface area contributed by atoms with Crippen LogP contribution in [0.5, 0.6) is 0 Å². The van der Waals surface area contributed by atoms with Crippen molar-refractivity contribution in [3.63, 3.8) is 0 Å². The number of amides is 1. The van der Waals surface area contributed by atoms with E-state index in [-0.39, 0.29) is 23.4 Å². The third-order valence-electron chi connectivity index (χ3n) is 4.61. The molecule has 0 fully saturated rings. The van der Waals surface area contributed by atoms with Crippen LogP contribution in [-0.4, -0.2) is 30.2 Å². The minimum atomic E-state index is -0.976. The smallest absolute Gasteiger partial charge is 0.335 e. The summed E-state index contributed by atoms with van der Waals surface area (Å²) in [5, 5.41) is 12.0. The van der Waals surface area contributed by atoms with Gasteiger partial charge in [0.25, 0.3) is 0 Å². The summed E-state index contributed by atoms with van der Waals surface area (Å²) >= 11 is 0. The molecule has 0 heterocycles. The second-order valence-electron chi connectivity index (χ2n) is 7.39. The highest BCUT2D eigenvalue weighted by atomic mass is 16.5. The maximum absolute atomic E-state index is 12.8. The van der Waals surface area contributed by atoms with Crippen LogP contribution >= 0.6 is 0 Å². The van der Waals surface area contributed by atoms with Crippen LogP contribution in [0.3, 0.4) is 0 Å². The zero-order chi connectivity index (χ0) is 21.4. The van der Waals surface area contributed by atoms with Gasteiger partial charge in [0.1, 0.15) is 6.10 Å². The van der Waals surface area contributed by atoms with Crippen molar-refractivity contribution in [2.45, 2.75) is 46.1 Å². The second-order valence-corrected chi connectivity index (χ2v) is 7.39. The fourth-order valence-corrected chi connectivity index (χ4v) is 3.03. The number of aromatic carboxylic acids is 1. The molecule has 0 aliphatic heterocycles. The molecule has 6 nitrogen and oxygen atoms in total. The van der Waals surface area contributed by atoms with E-state index in [0.29, 0.717) is 13.2 Å². The molecule has 1 amide bonds. The molecule has 0 aromatic heterocycles. The van der Waals surface area contributed by atoms with E-state index in [2.05, 4.69) is 5.32 Å². The lowest BCUT2D eigenvalue weighted by molar-refractivity contribution is -0.137. The Bertz CT molecular complexity index is 816. The summed E-state index contributed by atoms with van der Waals surface area (Å²) in [5.41, 5.74) is 3.08. The van der Waals surface area contributed by atoms with Crippen molar-refractivity contribution in [2.24, 2.45) is 5.92 Å². The molecule has 0 radical (unpaired) electrons. The maximum Gasteiger partial charge on any atom is 0.335 e. The Morgan fingerprint density at radius 2 is 1.62 bits per heavy atom. The molecule has 0 saturated carbocycles. The van der Waals surface area contributed by atoms with Gasteiger partial charge in [-0.05, 0) is 41.7 Å². The number of benzene rings is 2. The molecule has 0 spiro atoms. The molecule has 2 atom stereocenters. The van der Waals surface area contributed by atoms with E-state index < -0.39 is 12.1 Å². The monoisotopic (exact) mass is 399 g/mol. The van der Waals surface area contributed by atoms with E-state index in [4.69, 9.17) is 14.6 Å². The fourth-order valence-electron chi connectivity index (χ4n) is 3.03. The Morgan fingerprint density at radius 3 is 2.17 bits per heavy atom. The van der Waals surface area contributed by atoms with Gasteiger partial charge in [0.2, 0.25) is 5.91 Å². The summed E-state index contributed by atoms with van der Waals surface area (Å²) < 4.78 is 11.1. The maximum atomic E-state index is 12.8.